The molecule has 0 saturated carbocycles. The lowest BCUT2D eigenvalue weighted by molar-refractivity contribution is -0.696. The van der Waals surface area contributed by atoms with E-state index in [0.29, 0.717) is 0 Å². The molecule has 1 aromatic heterocycles. The summed E-state index contributed by atoms with van der Waals surface area (Å²) in [6.07, 6.45) is 14.9. The molecule has 0 bridgehead atoms. The summed E-state index contributed by atoms with van der Waals surface area (Å²) in [5.41, 5.74) is 0. The van der Waals surface area contributed by atoms with E-state index >= 15 is 0 Å². The third-order valence-corrected chi connectivity index (χ3v) is 3.87. The lowest BCUT2D eigenvalue weighted by atomic mass is 9.30. The van der Waals surface area contributed by atoms with E-state index in [9.17, 15) is 0 Å². The maximum Gasteiger partial charge on any atom is 0.383 e. The van der Waals surface area contributed by atoms with Crippen molar-refractivity contribution >= 4 is 6.15 Å². The van der Waals surface area contributed by atoms with Crippen LogP contribution in [0.25, 0.3) is 0 Å². The molecule has 0 aliphatic rings. The zero-order valence-corrected chi connectivity index (χ0v) is 15.4. The third-order valence-electron chi connectivity index (χ3n) is 3.87. The van der Waals surface area contributed by atoms with Crippen LogP contribution in [0.2, 0.25) is 0 Å². The van der Waals surface area contributed by atoms with Gasteiger partial charge in [0.25, 0.3) is 0 Å². The van der Waals surface area contributed by atoms with Gasteiger partial charge in [-0.05, 0) is 12.8 Å². The second kappa shape index (κ2) is 13.7. The van der Waals surface area contributed by atoms with Crippen LogP contribution in [0.3, 0.4) is 0 Å². The molecule has 0 spiro atoms. The lowest BCUT2D eigenvalue weighted by Crippen LogP contribution is -2.30. The number of aryl methyl sites for hydroxylation is 2. The number of aromatic nitrogens is 2. The Labute approximate surface area is 151 Å². The van der Waals surface area contributed by atoms with Crippen LogP contribution >= 0.6 is 0 Å². The first-order valence-corrected chi connectivity index (χ1v) is 8.89. The number of imidazole rings is 1. The number of rotatable bonds is 9. The first-order valence-electron chi connectivity index (χ1n) is 8.89. The van der Waals surface area contributed by atoms with Crippen molar-refractivity contribution in [2.24, 2.45) is 7.05 Å². The van der Waals surface area contributed by atoms with Crippen molar-refractivity contribution in [3.63, 3.8) is 0 Å². The summed E-state index contributed by atoms with van der Waals surface area (Å²) in [5.74, 6) is 5.38. The maximum atomic E-state index is 8.09. The number of nitriles is 4. The van der Waals surface area contributed by atoms with Gasteiger partial charge in [0.1, 0.15) is 12.4 Å². The molecule has 132 valence electrons. The topological polar surface area (TPSA) is 104 Å². The molecule has 0 atom stereocenters. The van der Waals surface area contributed by atoms with Gasteiger partial charge < -0.3 is 0 Å². The predicted molar refractivity (Wildman–Crippen MR) is 96.4 cm³/mol. The Kier molecular flexibility index (Phi) is 12.1. The number of nitrogens with zero attached hydrogens (tertiary/aromatic N) is 6. The van der Waals surface area contributed by atoms with Gasteiger partial charge in [0.15, 0.2) is 0 Å². The van der Waals surface area contributed by atoms with E-state index in [1.54, 1.807) is 0 Å². The highest BCUT2D eigenvalue weighted by molar-refractivity contribution is 7.05. The maximum absolute atomic E-state index is 8.09. The molecule has 1 aromatic rings. The fraction of sp³-hybridized carbons (Fsp3) is 0.611. The molecule has 0 fully saturated rings. The Bertz CT molecular complexity index is 591. The highest BCUT2D eigenvalue weighted by Gasteiger charge is 2.22. The SMILES string of the molecule is CCCCCCCCCC[n+]1ccn(C)c1.N#C[B-](C#N)(C#N)C#N. The molecule has 0 aromatic carbocycles. The predicted octanol–water partition coefficient (Wildman–Crippen LogP) is 3.14. The zero-order valence-electron chi connectivity index (χ0n) is 15.4. The van der Waals surface area contributed by atoms with Gasteiger partial charge in [-0.1, -0.05) is 45.4 Å². The first kappa shape index (κ1) is 22.2. The summed E-state index contributed by atoms with van der Waals surface area (Å²) in [5, 5.41) is 32.3. The molecule has 0 unspecified atom stereocenters. The molecular formula is C18H27BN6. The normalized spacial score (nSPS) is 9.68. The van der Waals surface area contributed by atoms with Crippen molar-refractivity contribution in [1.29, 1.82) is 21.0 Å². The van der Waals surface area contributed by atoms with Crippen LogP contribution < -0.4 is 4.57 Å². The smallest absolute Gasteiger partial charge is 0.245 e. The van der Waals surface area contributed by atoms with Crippen molar-refractivity contribution in [3.8, 4) is 23.9 Å². The van der Waals surface area contributed by atoms with Gasteiger partial charge in [-0.3, -0.25) is 0 Å². The Hall–Kier alpha value is -2.77. The van der Waals surface area contributed by atoms with Crippen molar-refractivity contribution in [1.82, 2.24) is 4.57 Å². The van der Waals surface area contributed by atoms with E-state index in [0.717, 1.165) is 0 Å². The summed E-state index contributed by atoms with van der Waals surface area (Å²) in [7, 11) is 2.07. The van der Waals surface area contributed by atoms with Crippen LogP contribution in [-0.4, -0.2) is 10.7 Å². The van der Waals surface area contributed by atoms with E-state index in [1.165, 1.54) is 81.8 Å². The summed E-state index contributed by atoms with van der Waals surface area (Å²) >= 11 is 0. The fourth-order valence-electron chi connectivity index (χ4n) is 2.24. The highest BCUT2D eigenvalue weighted by atomic mass is 15.1. The fourth-order valence-corrected chi connectivity index (χ4v) is 2.24. The average Bonchev–Trinajstić information content (AvgIpc) is 3.06. The second-order valence-electron chi connectivity index (χ2n) is 6.17. The monoisotopic (exact) mass is 338 g/mol. The van der Waals surface area contributed by atoms with Crippen LogP contribution in [0.5, 0.6) is 0 Å². The molecule has 0 aliphatic carbocycles. The Morgan fingerprint density at radius 1 is 0.840 bits per heavy atom. The van der Waals surface area contributed by atoms with E-state index in [4.69, 9.17) is 21.0 Å². The standard InChI is InChI=1S/C14H27N2.C4BN4/c1-3-4-5-6-7-8-9-10-11-16-13-12-15(2)14-16;6-1-5(2-7,3-8)4-9/h12-14H,3-11H2,1-2H3;/q+1;-1. The number of hydrogen-bond donors (Lipinski definition) is 0. The first-order chi connectivity index (χ1) is 12.1. The van der Waals surface area contributed by atoms with Crippen LogP contribution in [0.15, 0.2) is 18.7 Å². The van der Waals surface area contributed by atoms with Crippen LogP contribution in [0.1, 0.15) is 58.3 Å². The van der Waals surface area contributed by atoms with Gasteiger partial charge in [-0.15, -0.1) is 23.9 Å². The van der Waals surface area contributed by atoms with Crippen molar-refractivity contribution in [2.75, 3.05) is 0 Å². The Balaban J connectivity index is 0.000000547. The molecular weight excluding hydrogens is 311 g/mol. The molecule has 0 saturated heterocycles. The van der Waals surface area contributed by atoms with Gasteiger partial charge in [0.05, 0.1) is 13.6 Å². The minimum absolute atomic E-state index is 1.18. The van der Waals surface area contributed by atoms with E-state index in [-0.39, 0.29) is 0 Å². The van der Waals surface area contributed by atoms with Crippen LogP contribution in [0, 0.1) is 44.9 Å². The zero-order chi connectivity index (χ0) is 19.0. The summed E-state index contributed by atoms with van der Waals surface area (Å²) in [6, 6.07) is 0. The summed E-state index contributed by atoms with van der Waals surface area (Å²) in [4.78, 5) is 0. The third kappa shape index (κ3) is 9.86. The number of unbranched alkanes of at least 4 members (excludes halogenated alkanes) is 7. The minimum Gasteiger partial charge on any atom is -0.245 e. The average molecular weight is 338 g/mol. The lowest BCUT2D eigenvalue weighted by Gasteiger charge is -2.00. The van der Waals surface area contributed by atoms with Gasteiger partial charge in [-0.2, -0.15) is 0 Å². The molecule has 0 radical (unpaired) electrons. The highest BCUT2D eigenvalue weighted by Crippen LogP contribution is 2.08. The van der Waals surface area contributed by atoms with Gasteiger partial charge in [-0.25, -0.2) is 30.2 Å². The van der Waals surface area contributed by atoms with Gasteiger partial charge in [0.2, 0.25) is 6.33 Å². The van der Waals surface area contributed by atoms with E-state index in [2.05, 4.69) is 41.8 Å². The minimum atomic E-state index is -2.72. The van der Waals surface area contributed by atoms with Crippen molar-refractivity contribution < 1.29 is 4.57 Å². The molecule has 1 rings (SSSR count). The Morgan fingerprint density at radius 3 is 1.68 bits per heavy atom. The quantitative estimate of drug-likeness (QED) is 0.392. The largest absolute Gasteiger partial charge is 0.383 e. The van der Waals surface area contributed by atoms with Crippen LogP contribution in [-0.2, 0) is 13.6 Å². The van der Waals surface area contributed by atoms with Crippen molar-refractivity contribution in [3.05, 3.63) is 18.7 Å². The molecule has 7 heteroatoms. The molecule has 1 heterocycles. The van der Waals surface area contributed by atoms with E-state index in [1.807, 2.05) is 0 Å². The molecule has 6 nitrogen and oxygen atoms in total. The van der Waals surface area contributed by atoms with Crippen LogP contribution in [0.4, 0.5) is 0 Å². The number of hydrogen-bond acceptors (Lipinski definition) is 4. The molecule has 0 aliphatic heterocycles. The summed E-state index contributed by atoms with van der Waals surface area (Å²) < 4.78 is 4.38. The van der Waals surface area contributed by atoms with Crippen molar-refractivity contribution in [2.45, 2.75) is 64.8 Å². The molecule has 25 heavy (non-hydrogen) atoms. The van der Waals surface area contributed by atoms with Gasteiger partial charge in [0, 0.05) is 0 Å². The van der Waals surface area contributed by atoms with Gasteiger partial charge >= 0.3 is 6.15 Å². The summed E-state index contributed by atoms with van der Waals surface area (Å²) in [6.45, 7) is 3.45. The molecule has 0 N–H and O–H groups in total. The molecule has 0 amide bonds. The Morgan fingerprint density at radius 2 is 1.32 bits per heavy atom. The second-order valence-corrected chi connectivity index (χ2v) is 6.17. The van der Waals surface area contributed by atoms with E-state index < -0.39 is 6.15 Å².